The van der Waals surface area contributed by atoms with Crippen molar-refractivity contribution in [3.63, 3.8) is 0 Å². The van der Waals surface area contributed by atoms with Gasteiger partial charge in [-0.3, -0.25) is 0 Å². The van der Waals surface area contributed by atoms with E-state index in [1.165, 1.54) is 54.6 Å². The second-order valence-electron chi connectivity index (χ2n) is 11.0. The number of methoxy groups -OCH3 is 1. The Morgan fingerprint density at radius 3 is 1.46 bits per heavy atom. The highest BCUT2D eigenvalue weighted by atomic mass is 16.6. The summed E-state index contributed by atoms with van der Waals surface area (Å²) in [5, 5.41) is 68.9. The topological polar surface area (TPSA) is 247 Å². The molecule has 4 atom stereocenters. The third-order valence-electron chi connectivity index (χ3n) is 7.42. The Bertz CT molecular complexity index is 1860. The minimum atomic E-state index is -2.26. The number of benzene rings is 3. The second kappa shape index (κ2) is 15.6. The van der Waals surface area contributed by atoms with E-state index in [-0.39, 0.29) is 16.9 Å². The van der Waals surface area contributed by atoms with Crippen molar-refractivity contribution in [2.75, 3.05) is 7.11 Å². The molecule has 1 saturated carbocycles. The first-order valence-electron chi connectivity index (χ1n) is 14.7. The predicted molar refractivity (Wildman–Crippen MR) is 172 cm³/mol. The molecule has 0 aliphatic heterocycles. The standard InChI is InChI=1S/C35H32O15/c1-47-34(46)35(50-32(45)13-7-21-4-10-24(38)27(41)16-21)17-28(42)33(49-31(44)12-6-20-3-9-23(37)26(40)15-20)29(18-35)48-30(43)11-5-19-2-8-22(36)25(39)14-19/h2-16,28-29,33,36-42H,17-18H2,1H3/b11-5+,12-6+,13-7+/t28-,29-,33-,35-/m1/s1. The molecule has 1 aliphatic rings. The van der Waals surface area contributed by atoms with Crippen LogP contribution in [0.4, 0.5) is 0 Å². The molecule has 0 saturated heterocycles. The lowest BCUT2D eigenvalue weighted by Gasteiger charge is -2.43. The number of carbonyl (C=O) groups is 4. The molecule has 1 fully saturated rings. The highest BCUT2D eigenvalue weighted by Gasteiger charge is 2.56. The van der Waals surface area contributed by atoms with E-state index in [0.29, 0.717) is 5.56 Å². The normalized spacial score (nSPS) is 20.5. The molecule has 0 heterocycles. The number of ether oxygens (including phenoxy) is 4. The fourth-order valence-corrected chi connectivity index (χ4v) is 4.98. The summed E-state index contributed by atoms with van der Waals surface area (Å²) in [5.41, 5.74) is -1.41. The van der Waals surface area contributed by atoms with Crippen LogP contribution >= 0.6 is 0 Å². The average molecular weight is 693 g/mol. The van der Waals surface area contributed by atoms with Crippen molar-refractivity contribution in [1.82, 2.24) is 0 Å². The fraction of sp³-hybridized carbons (Fsp3) is 0.200. The molecule has 4 rings (SSSR count). The molecular formula is C35H32O15. The molecule has 1 aliphatic carbocycles. The summed E-state index contributed by atoms with van der Waals surface area (Å²) in [4.78, 5) is 51.8. The van der Waals surface area contributed by atoms with Crippen molar-refractivity contribution < 1.29 is 73.9 Å². The molecule has 0 radical (unpaired) electrons. The van der Waals surface area contributed by atoms with E-state index < -0.39 is 89.4 Å². The van der Waals surface area contributed by atoms with Crippen molar-refractivity contribution in [3.8, 4) is 34.5 Å². The summed E-state index contributed by atoms with van der Waals surface area (Å²) in [6.45, 7) is 0. The van der Waals surface area contributed by atoms with Gasteiger partial charge in [0.25, 0.3) is 0 Å². The molecule has 262 valence electrons. The Kier molecular flexibility index (Phi) is 11.4. The van der Waals surface area contributed by atoms with Crippen LogP contribution in [0.1, 0.15) is 29.5 Å². The van der Waals surface area contributed by atoms with Gasteiger partial charge in [0.1, 0.15) is 6.10 Å². The van der Waals surface area contributed by atoms with E-state index in [0.717, 1.165) is 43.5 Å². The summed E-state index contributed by atoms with van der Waals surface area (Å²) in [6, 6.07) is 11.2. The van der Waals surface area contributed by atoms with Crippen molar-refractivity contribution in [2.24, 2.45) is 0 Å². The molecular weight excluding hydrogens is 660 g/mol. The van der Waals surface area contributed by atoms with Crippen LogP contribution in [0.25, 0.3) is 18.2 Å². The Morgan fingerprint density at radius 2 is 1.04 bits per heavy atom. The van der Waals surface area contributed by atoms with Crippen LogP contribution in [0.15, 0.2) is 72.8 Å². The van der Waals surface area contributed by atoms with Crippen molar-refractivity contribution in [1.29, 1.82) is 0 Å². The third kappa shape index (κ3) is 9.11. The highest BCUT2D eigenvalue weighted by molar-refractivity contribution is 5.92. The fourth-order valence-electron chi connectivity index (χ4n) is 4.98. The van der Waals surface area contributed by atoms with Gasteiger partial charge in [0.15, 0.2) is 40.6 Å². The lowest BCUT2D eigenvalue weighted by atomic mass is 9.79. The number of phenolic OH excluding ortho intramolecular Hbond substituents is 6. The van der Waals surface area contributed by atoms with E-state index in [1.807, 2.05) is 0 Å². The van der Waals surface area contributed by atoms with Gasteiger partial charge in [-0.25, -0.2) is 19.2 Å². The van der Waals surface area contributed by atoms with Gasteiger partial charge in [0.2, 0.25) is 5.60 Å². The molecule has 7 N–H and O–H groups in total. The minimum absolute atomic E-state index is 0.274. The molecule has 0 bridgehead atoms. The first kappa shape index (κ1) is 36.4. The summed E-state index contributed by atoms with van der Waals surface area (Å²) < 4.78 is 21.3. The maximum atomic E-state index is 13.1. The van der Waals surface area contributed by atoms with Crippen LogP contribution < -0.4 is 0 Å². The van der Waals surface area contributed by atoms with Crippen LogP contribution in [0, 0.1) is 0 Å². The van der Waals surface area contributed by atoms with Crippen LogP contribution in [0.5, 0.6) is 34.5 Å². The van der Waals surface area contributed by atoms with Gasteiger partial charge < -0.3 is 54.7 Å². The molecule has 0 spiro atoms. The van der Waals surface area contributed by atoms with Crippen LogP contribution in [0.3, 0.4) is 0 Å². The van der Waals surface area contributed by atoms with Crippen molar-refractivity contribution in [3.05, 3.63) is 89.5 Å². The number of esters is 4. The summed E-state index contributed by atoms with van der Waals surface area (Å²) >= 11 is 0. The van der Waals surface area contributed by atoms with Crippen LogP contribution in [0.2, 0.25) is 0 Å². The number of hydrogen-bond donors (Lipinski definition) is 7. The summed E-state index contributed by atoms with van der Waals surface area (Å²) in [6.07, 6.45) is 0.0920. The van der Waals surface area contributed by atoms with Crippen molar-refractivity contribution in [2.45, 2.75) is 36.8 Å². The van der Waals surface area contributed by atoms with E-state index in [9.17, 15) is 54.9 Å². The first-order chi connectivity index (χ1) is 23.7. The van der Waals surface area contributed by atoms with E-state index in [2.05, 4.69) is 0 Å². The number of aliphatic hydroxyl groups excluding tert-OH is 1. The van der Waals surface area contributed by atoms with E-state index in [4.69, 9.17) is 18.9 Å². The largest absolute Gasteiger partial charge is 0.504 e. The molecule has 15 nitrogen and oxygen atoms in total. The van der Waals surface area contributed by atoms with Crippen LogP contribution in [-0.4, -0.2) is 90.6 Å². The Hall–Kier alpha value is -6.48. The van der Waals surface area contributed by atoms with Crippen LogP contribution in [-0.2, 0) is 38.1 Å². The smallest absolute Gasteiger partial charge is 0.350 e. The maximum absolute atomic E-state index is 13.1. The monoisotopic (exact) mass is 692 g/mol. The number of phenols is 6. The molecule has 0 unspecified atom stereocenters. The Labute approximate surface area is 283 Å². The number of aromatic hydroxyl groups is 6. The number of carbonyl (C=O) groups excluding carboxylic acids is 4. The zero-order valence-corrected chi connectivity index (χ0v) is 26.2. The first-order valence-corrected chi connectivity index (χ1v) is 14.7. The summed E-state index contributed by atoms with van der Waals surface area (Å²) in [7, 11) is 0.994. The predicted octanol–water partition coefficient (Wildman–Crippen LogP) is 2.79. The minimum Gasteiger partial charge on any atom is -0.504 e. The lowest BCUT2D eigenvalue weighted by Crippen LogP contribution is -2.60. The summed E-state index contributed by atoms with van der Waals surface area (Å²) in [5.74, 6) is -6.89. The molecule has 15 heteroatoms. The van der Waals surface area contributed by atoms with E-state index >= 15 is 0 Å². The quantitative estimate of drug-likeness (QED) is 0.0699. The molecule has 0 aromatic heterocycles. The van der Waals surface area contributed by atoms with Gasteiger partial charge in [-0.2, -0.15) is 0 Å². The van der Waals surface area contributed by atoms with E-state index in [1.54, 1.807) is 0 Å². The Balaban J connectivity index is 1.60. The maximum Gasteiger partial charge on any atom is 0.350 e. The number of rotatable bonds is 10. The SMILES string of the molecule is COC(=O)[C@@]1(OC(=O)/C=C/c2ccc(O)c(O)c2)C[C@@H](O)[C@@H](OC(=O)/C=C/c2ccc(O)c(O)c2)[C@H](OC(=O)/C=C/c2ccc(O)c(O)c2)C1. The second-order valence-corrected chi connectivity index (χ2v) is 11.0. The van der Waals surface area contributed by atoms with Gasteiger partial charge in [-0.05, 0) is 71.3 Å². The molecule has 3 aromatic carbocycles. The average Bonchev–Trinajstić information content (AvgIpc) is 3.07. The number of aliphatic hydroxyl groups is 1. The van der Waals surface area contributed by atoms with Gasteiger partial charge in [-0.1, -0.05) is 18.2 Å². The zero-order chi connectivity index (χ0) is 36.6. The highest BCUT2D eigenvalue weighted by Crippen LogP contribution is 2.37. The zero-order valence-electron chi connectivity index (χ0n) is 26.2. The lowest BCUT2D eigenvalue weighted by molar-refractivity contribution is -0.214. The molecule has 50 heavy (non-hydrogen) atoms. The third-order valence-corrected chi connectivity index (χ3v) is 7.42. The van der Waals surface area contributed by atoms with Gasteiger partial charge in [-0.15, -0.1) is 0 Å². The number of hydrogen-bond acceptors (Lipinski definition) is 15. The van der Waals surface area contributed by atoms with Gasteiger partial charge >= 0.3 is 23.9 Å². The molecule has 3 aromatic rings. The molecule has 0 amide bonds. The van der Waals surface area contributed by atoms with Gasteiger partial charge in [0.05, 0.1) is 13.2 Å². The van der Waals surface area contributed by atoms with Crippen molar-refractivity contribution >= 4 is 42.1 Å². The van der Waals surface area contributed by atoms with Gasteiger partial charge in [0, 0.05) is 31.1 Å². The Morgan fingerprint density at radius 1 is 0.620 bits per heavy atom.